The maximum absolute atomic E-state index is 11.8. The summed E-state index contributed by atoms with van der Waals surface area (Å²) in [6.45, 7) is 4.52. The Morgan fingerprint density at radius 3 is 2.89 bits per heavy atom. The van der Waals surface area contributed by atoms with Gasteiger partial charge in [-0.1, -0.05) is 25.4 Å². The lowest BCUT2D eigenvalue weighted by Gasteiger charge is -2.00. The fourth-order valence-electron chi connectivity index (χ4n) is 1.50. The van der Waals surface area contributed by atoms with E-state index in [1.54, 1.807) is 0 Å². The number of rotatable bonds is 5. The second-order valence-electron chi connectivity index (χ2n) is 4.41. The van der Waals surface area contributed by atoms with Gasteiger partial charge in [-0.3, -0.25) is 9.89 Å². The summed E-state index contributed by atoms with van der Waals surface area (Å²) in [6.07, 6.45) is 0.755. The zero-order valence-electron chi connectivity index (χ0n) is 10.7. The van der Waals surface area contributed by atoms with Crippen molar-refractivity contribution in [3.05, 3.63) is 33.0 Å². The van der Waals surface area contributed by atoms with Gasteiger partial charge >= 0.3 is 0 Å². The molecule has 2 aromatic heterocycles. The van der Waals surface area contributed by atoms with Gasteiger partial charge < -0.3 is 5.32 Å². The van der Waals surface area contributed by atoms with Crippen LogP contribution in [0.4, 0.5) is 0 Å². The Morgan fingerprint density at radius 2 is 2.32 bits per heavy atom. The van der Waals surface area contributed by atoms with Crippen molar-refractivity contribution < 1.29 is 4.79 Å². The average Bonchev–Trinajstić information content (AvgIpc) is 2.98. The van der Waals surface area contributed by atoms with E-state index >= 15 is 0 Å². The molecule has 19 heavy (non-hydrogen) atoms. The summed E-state index contributed by atoms with van der Waals surface area (Å²) in [7, 11) is 0. The summed E-state index contributed by atoms with van der Waals surface area (Å²) in [5.41, 5.74) is 0. The number of aromatic amines is 1. The monoisotopic (exact) mass is 298 g/mol. The van der Waals surface area contributed by atoms with Crippen molar-refractivity contribution in [3.8, 4) is 0 Å². The highest BCUT2D eigenvalue weighted by Crippen LogP contribution is 2.21. The van der Waals surface area contributed by atoms with E-state index in [4.69, 9.17) is 11.6 Å². The van der Waals surface area contributed by atoms with Crippen LogP contribution in [0.5, 0.6) is 0 Å². The van der Waals surface area contributed by atoms with Crippen LogP contribution in [0.25, 0.3) is 0 Å². The number of hydrogen-bond acceptors (Lipinski definition) is 4. The standard InChI is InChI=1S/C12H15ClN4OS/c1-7(2)10-15-11(17-16-10)12(18)14-6-5-8-3-4-9(13)19-8/h3-4,7H,5-6H2,1-2H3,(H,14,18)(H,15,16,17). The van der Waals surface area contributed by atoms with Crippen LogP contribution in [0.1, 0.15) is 41.1 Å². The summed E-state index contributed by atoms with van der Waals surface area (Å²) in [6, 6.07) is 3.82. The van der Waals surface area contributed by atoms with E-state index in [-0.39, 0.29) is 17.6 Å². The lowest BCUT2D eigenvalue weighted by atomic mass is 10.2. The van der Waals surface area contributed by atoms with Crippen LogP contribution in [-0.2, 0) is 6.42 Å². The topological polar surface area (TPSA) is 70.7 Å². The highest BCUT2D eigenvalue weighted by molar-refractivity contribution is 7.16. The number of aromatic nitrogens is 3. The molecule has 5 nitrogen and oxygen atoms in total. The molecule has 2 heterocycles. The predicted molar refractivity (Wildman–Crippen MR) is 75.8 cm³/mol. The van der Waals surface area contributed by atoms with Gasteiger partial charge in [0.2, 0.25) is 5.82 Å². The normalized spacial score (nSPS) is 10.9. The minimum atomic E-state index is -0.259. The van der Waals surface area contributed by atoms with Gasteiger partial charge in [-0.15, -0.1) is 16.4 Å². The van der Waals surface area contributed by atoms with Gasteiger partial charge in [0.1, 0.15) is 5.82 Å². The smallest absolute Gasteiger partial charge is 0.290 e. The zero-order chi connectivity index (χ0) is 13.8. The third-order valence-corrected chi connectivity index (χ3v) is 3.83. The number of hydrogen-bond donors (Lipinski definition) is 2. The Morgan fingerprint density at radius 1 is 1.53 bits per heavy atom. The largest absolute Gasteiger partial charge is 0.349 e. The van der Waals surface area contributed by atoms with Crippen molar-refractivity contribution in [1.29, 1.82) is 0 Å². The molecule has 0 unspecified atom stereocenters. The van der Waals surface area contributed by atoms with E-state index < -0.39 is 0 Å². The lowest BCUT2D eigenvalue weighted by Crippen LogP contribution is -2.26. The Hall–Kier alpha value is -1.40. The molecule has 0 aliphatic carbocycles. The Kier molecular flexibility index (Phi) is 4.55. The van der Waals surface area contributed by atoms with E-state index in [0.717, 1.165) is 21.5 Å². The van der Waals surface area contributed by atoms with Crippen molar-refractivity contribution in [3.63, 3.8) is 0 Å². The zero-order valence-corrected chi connectivity index (χ0v) is 12.3. The van der Waals surface area contributed by atoms with Crippen LogP contribution in [0.2, 0.25) is 4.34 Å². The summed E-state index contributed by atoms with van der Waals surface area (Å²) in [5.74, 6) is 0.871. The fourth-order valence-corrected chi connectivity index (χ4v) is 2.59. The molecule has 0 fully saturated rings. The van der Waals surface area contributed by atoms with Gasteiger partial charge in [0.15, 0.2) is 0 Å². The highest BCUT2D eigenvalue weighted by Gasteiger charge is 2.13. The third kappa shape index (κ3) is 3.78. The minimum Gasteiger partial charge on any atom is -0.349 e. The first-order valence-electron chi connectivity index (χ1n) is 6.01. The number of nitrogens with one attached hydrogen (secondary N) is 2. The van der Waals surface area contributed by atoms with Crippen LogP contribution < -0.4 is 5.32 Å². The minimum absolute atomic E-state index is 0.188. The fraction of sp³-hybridized carbons (Fsp3) is 0.417. The van der Waals surface area contributed by atoms with Crippen molar-refractivity contribution in [2.45, 2.75) is 26.2 Å². The molecule has 0 bridgehead atoms. The van der Waals surface area contributed by atoms with E-state index in [2.05, 4.69) is 20.5 Å². The average molecular weight is 299 g/mol. The van der Waals surface area contributed by atoms with E-state index in [9.17, 15) is 4.79 Å². The first-order valence-corrected chi connectivity index (χ1v) is 7.20. The van der Waals surface area contributed by atoms with Gasteiger partial charge in [0.25, 0.3) is 5.91 Å². The molecule has 0 radical (unpaired) electrons. The summed E-state index contributed by atoms with van der Waals surface area (Å²) >= 11 is 7.36. The van der Waals surface area contributed by atoms with Gasteiger partial charge in [-0.25, -0.2) is 4.98 Å². The van der Waals surface area contributed by atoms with Crippen molar-refractivity contribution in [2.24, 2.45) is 0 Å². The number of carbonyl (C=O) groups is 1. The van der Waals surface area contributed by atoms with Gasteiger partial charge in [0.05, 0.1) is 4.34 Å². The number of amides is 1. The molecule has 2 rings (SSSR count). The number of halogens is 1. The number of thiophene rings is 1. The van der Waals surface area contributed by atoms with Crippen LogP contribution in [0, 0.1) is 0 Å². The highest BCUT2D eigenvalue weighted by atomic mass is 35.5. The Balaban J connectivity index is 1.83. The van der Waals surface area contributed by atoms with Gasteiger partial charge in [-0.2, -0.15) is 0 Å². The van der Waals surface area contributed by atoms with Crippen LogP contribution in [0.3, 0.4) is 0 Å². The summed E-state index contributed by atoms with van der Waals surface area (Å²) in [5, 5.41) is 9.45. The van der Waals surface area contributed by atoms with E-state index in [1.807, 2.05) is 26.0 Å². The van der Waals surface area contributed by atoms with Crippen LogP contribution in [-0.4, -0.2) is 27.6 Å². The summed E-state index contributed by atoms with van der Waals surface area (Å²) in [4.78, 5) is 17.1. The van der Waals surface area contributed by atoms with Gasteiger partial charge in [0, 0.05) is 17.3 Å². The second-order valence-corrected chi connectivity index (χ2v) is 6.21. The van der Waals surface area contributed by atoms with Crippen molar-refractivity contribution in [2.75, 3.05) is 6.54 Å². The van der Waals surface area contributed by atoms with Crippen LogP contribution >= 0.6 is 22.9 Å². The molecular weight excluding hydrogens is 284 g/mol. The first kappa shape index (κ1) is 14.0. The van der Waals surface area contributed by atoms with Crippen LogP contribution in [0.15, 0.2) is 12.1 Å². The maximum Gasteiger partial charge on any atom is 0.290 e. The summed E-state index contributed by atoms with van der Waals surface area (Å²) < 4.78 is 0.761. The lowest BCUT2D eigenvalue weighted by molar-refractivity contribution is 0.0944. The first-order chi connectivity index (χ1) is 9.06. The molecule has 1 amide bonds. The Bertz CT molecular complexity index is 564. The molecule has 7 heteroatoms. The molecule has 2 N–H and O–H groups in total. The third-order valence-electron chi connectivity index (χ3n) is 2.54. The number of nitrogens with zero attached hydrogens (tertiary/aromatic N) is 2. The second kappa shape index (κ2) is 6.16. The molecule has 2 aromatic rings. The molecule has 102 valence electrons. The van der Waals surface area contributed by atoms with Gasteiger partial charge in [-0.05, 0) is 18.6 Å². The molecule has 0 saturated heterocycles. The van der Waals surface area contributed by atoms with E-state index in [1.165, 1.54) is 11.3 Å². The molecule has 0 aliphatic rings. The molecule has 0 saturated carbocycles. The SMILES string of the molecule is CC(C)c1nc(C(=O)NCCc2ccc(Cl)s2)n[nH]1. The quantitative estimate of drug-likeness (QED) is 0.891. The van der Waals surface area contributed by atoms with E-state index in [0.29, 0.717) is 6.54 Å². The number of carbonyl (C=O) groups excluding carboxylic acids is 1. The molecule has 0 spiro atoms. The van der Waals surface area contributed by atoms with Crippen molar-refractivity contribution >= 4 is 28.8 Å². The molecule has 0 aromatic carbocycles. The Labute approximate surface area is 120 Å². The van der Waals surface area contributed by atoms with Crippen molar-refractivity contribution in [1.82, 2.24) is 20.5 Å². The number of H-pyrrole nitrogens is 1. The maximum atomic E-state index is 11.8. The predicted octanol–water partition coefficient (Wildman–Crippen LogP) is 2.62. The molecule has 0 aliphatic heterocycles. The molecular formula is C12H15ClN4OS. The molecule has 0 atom stereocenters.